The van der Waals surface area contributed by atoms with E-state index in [1.165, 1.54) is 4.90 Å². The third-order valence-corrected chi connectivity index (χ3v) is 2.50. The van der Waals surface area contributed by atoms with Crippen molar-refractivity contribution >= 4 is 11.8 Å². The Hall–Kier alpha value is -1.71. The van der Waals surface area contributed by atoms with Gasteiger partial charge in [-0.05, 0) is 25.5 Å². The van der Waals surface area contributed by atoms with Crippen LogP contribution in [0.2, 0.25) is 0 Å². The lowest BCUT2D eigenvalue weighted by Crippen LogP contribution is -2.35. The Balaban J connectivity index is 2.89. The quantitative estimate of drug-likeness (QED) is 0.823. The summed E-state index contributed by atoms with van der Waals surface area (Å²) < 4.78 is 0. The van der Waals surface area contributed by atoms with Crippen molar-refractivity contribution < 1.29 is 9.90 Å². The highest BCUT2D eigenvalue weighted by Crippen LogP contribution is 2.17. The van der Waals surface area contributed by atoms with Crippen LogP contribution in [-0.2, 0) is 6.54 Å². The van der Waals surface area contributed by atoms with E-state index in [0.29, 0.717) is 6.54 Å². The van der Waals surface area contributed by atoms with E-state index in [0.717, 1.165) is 11.3 Å². The number of rotatable bonds is 4. The monoisotopic (exact) mass is 222 g/mol. The van der Waals surface area contributed by atoms with E-state index in [1.807, 2.05) is 45.2 Å². The normalized spacial score (nSPS) is 10.2. The Kier molecular flexibility index (Phi) is 4.17. The first-order valence-electron chi connectivity index (χ1n) is 5.31. The average Bonchev–Trinajstić information content (AvgIpc) is 2.25. The molecule has 0 atom stereocenters. The van der Waals surface area contributed by atoms with Crippen LogP contribution in [-0.4, -0.2) is 29.2 Å². The predicted molar refractivity (Wildman–Crippen MR) is 64.7 cm³/mol. The zero-order valence-corrected chi connectivity index (χ0v) is 9.90. The summed E-state index contributed by atoms with van der Waals surface area (Å²) in [6.07, 6.45) is -0.888. The molecule has 0 aliphatic rings. The first kappa shape index (κ1) is 12.4. The van der Waals surface area contributed by atoms with Crippen LogP contribution in [0.15, 0.2) is 24.3 Å². The van der Waals surface area contributed by atoms with E-state index in [4.69, 9.17) is 5.11 Å². The number of benzene rings is 1. The number of nitrogens with one attached hydrogen (secondary N) is 1. The van der Waals surface area contributed by atoms with Crippen molar-refractivity contribution in [2.45, 2.75) is 26.4 Å². The van der Waals surface area contributed by atoms with Crippen molar-refractivity contribution in [1.29, 1.82) is 0 Å². The number of para-hydroxylation sites is 1. The van der Waals surface area contributed by atoms with Crippen LogP contribution >= 0.6 is 0 Å². The second-order valence-corrected chi connectivity index (χ2v) is 3.91. The number of nitrogens with zero attached hydrogens (tertiary/aromatic N) is 1. The topological polar surface area (TPSA) is 52.6 Å². The maximum Gasteiger partial charge on any atom is 0.407 e. The molecule has 88 valence electrons. The van der Waals surface area contributed by atoms with E-state index in [9.17, 15) is 4.79 Å². The maximum absolute atomic E-state index is 11.1. The van der Waals surface area contributed by atoms with Gasteiger partial charge < -0.3 is 15.3 Å². The molecule has 0 heterocycles. The minimum atomic E-state index is -0.888. The van der Waals surface area contributed by atoms with Crippen molar-refractivity contribution in [3.63, 3.8) is 0 Å². The van der Waals surface area contributed by atoms with E-state index >= 15 is 0 Å². The summed E-state index contributed by atoms with van der Waals surface area (Å²) >= 11 is 0. The van der Waals surface area contributed by atoms with Gasteiger partial charge in [0.05, 0.1) is 6.54 Å². The van der Waals surface area contributed by atoms with Gasteiger partial charge in [0.25, 0.3) is 0 Å². The molecule has 0 spiro atoms. The van der Waals surface area contributed by atoms with Gasteiger partial charge in [0, 0.05) is 18.8 Å². The SMILES string of the molecule is CNc1ccccc1CN(C(=O)O)C(C)C. The van der Waals surface area contributed by atoms with Crippen LogP contribution in [0.1, 0.15) is 19.4 Å². The molecule has 0 unspecified atom stereocenters. The van der Waals surface area contributed by atoms with E-state index in [-0.39, 0.29) is 6.04 Å². The minimum absolute atomic E-state index is 0.0255. The third kappa shape index (κ3) is 2.89. The smallest absolute Gasteiger partial charge is 0.407 e. The standard InChI is InChI=1S/C12H18N2O2/c1-9(2)14(12(15)16)8-10-6-4-5-7-11(10)13-3/h4-7,9,13H,8H2,1-3H3,(H,15,16). The zero-order chi connectivity index (χ0) is 12.1. The summed E-state index contributed by atoms with van der Waals surface area (Å²) in [5, 5.41) is 12.1. The lowest BCUT2D eigenvalue weighted by Gasteiger charge is -2.24. The van der Waals surface area contributed by atoms with E-state index < -0.39 is 6.09 Å². The Morgan fingerprint density at radius 1 is 1.44 bits per heavy atom. The van der Waals surface area contributed by atoms with E-state index in [1.54, 1.807) is 0 Å². The molecule has 1 rings (SSSR count). The number of hydrogen-bond acceptors (Lipinski definition) is 2. The lowest BCUT2D eigenvalue weighted by atomic mass is 10.1. The molecule has 4 nitrogen and oxygen atoms in total. The fraction of sp³-hybridized carbons (Fsp3) is 0.417. The zero-order valence-electron chi connectivity index (χ0n) is 9.90. The Morgan fingerprint density at radius 3 is 2.56 bits per heavy atom. The van der Waals surface area contributed by atoms with Crippen LogP contribution in [0.25, 0.3) is 0 Å². The minimum Gasteiger partial charge on any atom is -0.465 e. The highest BCUT2D eigenvalue weighted by Gasteiger charge is 2.16. The molecular weight excluding hydrogens is 204 g/mol. The second kappa shape index (κ2) is 5.39. The molecule has 0 aliphatic carbocycles. The Labute approximate surface area is 95.9 Å². The Morgan fingerprint density at radius 2 is 2.06 bits per heavy atom. The maximum atomic E-state index is 11.1. The summed E-state index contributed by atoms with van der Waals surface area (Å²) in [7, 11) is 1.83. The van der Waals surface area contributed by atoms with Gasteiger partial charge in [0.2, 0.25) is 0 Å². The number of hydrogen-bond donors (Lipinski definition) is 2. The van der Waals surface area contributed by atoms with Crippen LogP contribution in [0.3, 0.4) is 0 Å². The number of carboxylic acid groups (broad SMARTS) is 1. The summed E-state index contributed by atoms with van der Waals surface area (Å²) in [5.74, 6) is 0. The average molecular weight is 222 g/mol. The first-order valence-corrected chi connectivity index (χ1v) is 5.31. The molecule has 0 radical (unpaired) electrons. The van der Waals surface area contributed by atoms with Gasteiger partial charge in [-0.1, -0.05) is 18.2 Å². The molecule has 1 aromatic rings. The highest BCUT2D eigenvalue weighted by molar-refractivity contribution is 5.66. The van der Waals surface area contributed by atoms with Crippen LogP contribution < -0.4 is 5.32 Å². The number of carbonyl (C=O) groups is 1. The fourth-order valence-electron chi connectivity index (χ4n) is 1.56. The highest BCUT2D eigenvalue weighted by atomic mass is 16.4. The first-order chi connectivity index (χ1) is 7.56. The van der Waals surface area contributed by atoms with E-state index in [2.05, 4.69) is 5.32 Å². The predicted octanol–water partition coefficient (Wildman–Crippen LogP) is 2.62. The van der Waals surface area contributed by atoms with Gasteiger partial charge >= 0.3 is 6.09 Å². The van der Waals surface area contributed by atoms with Crippen molar-refractivity contribution in [2.24, 2.45) is 0 Å². The summed E-state index contributed by atoms with van der Waals surface area (Å²) in [6, 6.07) is 7.69. The second-order valence-electron chi connectivity index (χ2n) is 3.91. The molecule has 0 bridgehead atoms. The van der Waals surface area contributed by atoms with Crippen molar-refractivity contribution in [3.8, 4) is 0 Å². The number of amides is 1. The van der Waals surface area contributed by atoms with Gasteiger partial charge in [0.15, 0.2) is 0 Å². The van der Waals surface area contributed by atoms with Gasteiger partial charge in [-0.3, -0.25) is 0 Å². The fourth-order valence-corrected chi connectivity index (χ4v) is 1.56. The molecule has 0 aromatic heterocycles. The largest absolute Gasteiger partial charge is 0.465 e. The summed E-state index contributed by atoms with van der Waals surface area (Å²) in [5.41, 5.74) is 1.95. The van der Waals surface area contributed by atoms with Gasteiger partial charge in [0.1, 0.15) is 0 Å². The van der Waals surface area contributed by atoms with Gasteiger partial charge in [-0.15, -0.1) is 0 Å². The van der Waals surface area contributed by atoms with Crippen molar-refractivity contribution in [1.82, 2.24) is 4.90 Å². The molecule has 4 heteroatoms. The lowest BCUT2D eigenvalue weighted by molar-refractivity contribution is 0.128. The molecule has 0 aliphatic heterocycles. The summed E-state index contributed by atoms with van der Waals surface area (Å²) in [6.45, 7) is 4.15. The number of anilines is 1. The van der Waals surface area contributed by atoms with Crippen molar-refractivity contribution in [2.75, 3.05) is 12.4 Å². The summed E-state index contributed by atoms with van der Waals surface area (Å²) in [4.78, 5) is 12.5. The van der Waals surface area contributed by atoms with Crippen molar-refractivity contribution in [3.05, 3.63) is 29.8 Å². The molecule has 0 saturated heterocycles. The molecule has 2 N–H and O–H groups in total. The van der Waals surface area contributed by atoms with Crippen LogP contribution in [0, 0.1) is 0 Å². The molecule has 0 fully saturated rings. The van der Waals surface area contributed by atoms with Gasteiger partial charge in [-0.2, -0.15) is 0 Å². The molecule has 1 amide bonds. The van der Waals surface area contributed by atoms with Crippen LogP contribution in [0.5, 0.6) is 0 Å². The molecule has 16 heavy (non-hydrogen) atoms. The molecule has 0 saturated carbocycles. The van der Waals surface area contributed by atoms with Gasteiger partial charge in [-0.25, -0.2) is 4.79 Å². The Bertz CT molecular complexity index is 364. The molecular formula is C12H18N2O2. The third-order valence-electron chi connectivity index (χ3n) is 2.50. The van der Waals surface area contributed by atoms with Crippen LogP contribution in [0.4, 0.5) is 10.5 Å². The molecule has 1 aromatic carbocycles.